The summed E-state index contributed by atoms with van der Waals surface area (Å²) in [5.74, 6) is 3.49. The number of carbonyl (C=O) groups excluding carboxylic acids is 1. The normalized spacial score (nSPS) is 10.3. The molecule has 1 heterocycles. The van der Waals surface area contributed by atoms with Gasteiger partial charge in [-0.25, -0.2) is 0 Å². The highest BCUT2D eigenvalue weighted by atomic mass is 16.5. The maximum atomic E-state index is 12.0. The van der Waals surface area contributed by atoms with Gasteiger partial charge in [0.15, 0.2) is 17.3 Å². The number of allylic oxidation sites excluding steroid dienone is 1. The van der Waals surface area contributed by atoms with E-state index in [4.69, 9.17) is 15.9 Å². The predicted molar refractivity (Wildman–Crippen MR) is 89.5 cm³/mol. The Bertz CT molecular complexity index is 730. The lowest BCUT2D eigenvalue weighted by atomic mass is 10.1. The highest BCUT2D eigenvalue weighted by molar-refractivity contribution is 6.06. The fourth-order valence-corrected chi connectivity index (χ4v) is 1.91. The average Bonchev–Trinajstić information content (AvgIpc) is 2.60. The fraction of sp³-hybridized carbons (Fsp3) is 0.158. The Morgan fingerprint density at radius 2 is 2.17 bits per heavy atom. The monoisotopic (exact) mass is 307 g/mol. The second kappa shape index (κ2) is 8.40. The summed E-state index contributed by atoms with van der Waals surface area (Å²) in [6.45, 7) is 2.57. The molecule has 4 heteroatoms. The number of terminal acetylenes is 1. The molecule has 0 saturated heterocycles. The van der Waals surface area contributed by atoms with Crippen molar-refractivity contribution in [2.24, 2.45) is 0 Å². The molecular weight excluding hydrogens is 290 g/mol. The van der Waals surface area contributed by atoms with E-state index in [1.165, 1.54) is 12.3 Å². The number of hydrogen-bond donors (Lipinski definition) is 0. The van der Waals surface area contributed by atoms with E-state index in [2.05, 4.69) is 10.9 Å². The van der Waals surface area contributed by atoms with Crippen LogP contribution in [-0.2, 0) is 0 Å². The van der Waals surface area contributed by atoms with Gasteiger partial charge in [0.1, 0.15) is 6.61 Å². The van der Waals surface area contributed by atoms with Crippen LogP contribution < -0.4 is 9.47 Å². The van der Waals surface area contributed by atoms with Crippen LogP contribution in [0.5, 0.6) is 11.5 Å². The molecule has 0 atom stereocenters. The third-order valence-corrected chi connectivity index (χ3v) is 2.95. The molecule has 2 aromatic rings. The summed E-state index contributed by atoms with van der Waals surface area (Å²) in [5.41, 5.74) is 1.38. The van der Waals surface area contributed by atoms with Crippen molar-refractivity contribution in [2.75, 3.05) is 13.2 Å². The number of nitrogens with zero attached hydrogens (tertiary/aromatic N) is 1. The molecule has 0 aliphatic carbocycles. The molecule has 0 amide bonds. The summed E-state index contributed by atoms with van der Waals surface area (Å²) in [4.78, 5) is 16.0. The molecule has 23 heavy (non-hydrogen) atoms. The highest BCUT2D eigenvalue weighted by Gasteiger charge is 2.06. The third-order valence-electron chi connectivity index (χ3n) is 2.95. The van der Waals surface area contributed by atoms with E-state index in [0.29, 0.717) is 23.7 Å². The van der Waals surface area contributed by atoms with Crippen LogP contribution in [0.15, 0.2) is 48.8 Å². The van der Waals surface area contributed by atoms with Crippen molar-refractivity contribution in [3.05, 3.63) is 59.9 Å². The molecule has 116 valence electrons. The van der Waals surface area contributed by atoms with Gasteiger partial charge in [-0.15, -0.1) is 6.42 Å². The molecule has 0 bridgehead atoms. The van der Waals surface area contributed by atoms with E-state index in [9.17, 15) is 4.79 Å². The third kappa shape index (κ3) is 4.72. The molecule has 1 aromatic carbocycles. The zero-order valence-corrected chi connectivity index (χ0v) is 12.9. The maximum Gasteiger partial charge on any atom is 0.187 e. The zero-order chi connectivity index (χ0) is 16.5. The maximum absolute atomic E-state index is 12.0. The first-order valence-corrected chi connectivity index (χ1v) is 7.20. The second-order valence-corrected chi connectivity index (χ2v) is 4.57. The molecule has 0 aliphatic rings. The Kier molecular flexibility index (Phi) is 5.96. The molecule has 0 radical (unpaired) electrons. The summed E-state index contributed by atoms with van der Waals surface area (Å²) in [6.07, 6.45) is 11.6. The van der Waals surface area contributed by atoms with Gasteiger partial charge in [0.25, 0.3) is 0 Å². The number of ether oxygens (including phenoxy) is 2. The Hall–Kier alpha value is -3.06. The number of ketones is 1. The number of aromatic nitrogens is 1. The van der Waals surface area contributed by atoms with Gasteiger partial charge in [0.05, 0.1) is 6.61 Å². The molecule has 0 aliphatic heterocycles. The van der Waals surface area contributed by atoms with Crippen molar-refractivity contribution >= 4 is 11.9 Å². The van der Waals surface area contributed by atoms with Crippen LogP contribution in [0, 0.1) is 12.3 Å². The van der Waals surface area contributed by atoms with Crippen molar-refractivity contribution in [3.8, 4) is 23.8 Å². The van der Waals surface area contributed by atoms with Gasteiger partial charge in [-0.3, -0.25) is 9.78 Å². The number of benzene rings is 1. The largest absolute Gasteiger partial charge is 0.490 e. The lowest BCUT2D eigenvalue weighted by molar-refractivity contribution is 0.104. The van der Waals surface area contributed by atoms with Crippen LogP contribution in [-0.4, -0.2) is 24.0 Å². The second-order valence-electron chi connectivity index (χ2n) is 4.57. The molecule has 0 fully saturated rings. The van der Waals surface area contributed by atoms with Gasteiger partial charge >= 0.3 is 0 Å². The zero-order valence-electron chi connectivity index (χ0n) is 12.9. The van der Waals surface area contributed by atoms with Crippen LogP contribution in [0.2, 0.25) is 0 Å². The first kappa shape index (κ1) is 16.3. The number of hydrogen-bond acceptors (Lipinski definition) is 4. The molecule has 0 unspecified atom stereocenters. The Morgan fingerprint density at radius 1 is 1.30 bits per heavy atom. The molecule has 0 spiro atoms. The van der Waals surface area contributed by atoms with Gasteiger partial charge in [0.2, 0.25) is 0 Å². The van der Waals surface area contributed by atoms with Crippen LogP contribution in [0.25, 0.3) is 6.08 Å². The smallest absolute Gasteiger partial charge is 0.187 e. The first-order chi connectivity index (χ1) is 11.2. The lowest BCUT2D eigenvalue weighted by Crippen LogP contribution is -1.99. The Morgan fingerprint density at radius 3 is 2.87 bits per heavy atom. The van der Waals surface area contributed by atoms with Gasteiger partial charge < -0.3 is 9.47 Å². The van der Waals surface area contributed by atoms with Gasteiger partial charge in [-0.2, -0.15) is 0 Å². The number of rotatable bonds is 7. The van der Waals surface area contributed by atoms with Crippen LogP contribution in [0.3, 0.4) is 0 Å². The minimum Gasteiger partial charge on any atom is -0.490 e. The summed E-state index contributed by atoms with van der Waals surface area (Å²) in [6, 6.07) is 8.87. The quantitative estimate of drug-likeness (QED) is 0.447. The topological polar surface area (TPSA) is 48.4 Å². The number of carbonyl (C=O) groups is 1. The van der Waals surface area contributed by atoms with Crippen molar-refractivity contribution in [1.29, 1.82) is 0 Å². The van der Waals surface area contributed by atoms with Crippen LogP contribution in [0.4, 0.5) is 0 Å². The van der Waals surface area contributed by atoms with Crippen molar-refractivity contribution in [1.82, 2.24) is 4.98 Å². The number of pyridine rings is 1. The molecule has 2 rings (SSSR count). The fourth-order valence-electron chi connectivity index (χ4n) is 1.91. The molecule has 1 aromatic heterocycles. The van der Waals surface area contributed by atoms with E-state index in [1.807, 2.05) is 19.1 Å². The molecule has 0 saturated carbocycles. The van der Waals surface area contributed by atoms with E-state index < -0.39 is 0 Å². The van der Waals surface area contributed by atoms with Gasteiger partial charge in [0, 0.05) is 18.0 Å². The Balaban J connectivity index is 2.16. The minimum absolute atomic E-state index is 0.108. The lowest BCUT2D eigenvalue weighted by Gasteiger charge is -2.10. The van der Waals surface area contributed by atoms with E-state index >= 15 is 0 Å². The summed E-state index contributed by atoms with van der Waals surface area (Å²) in [7, 11) is 0. The first-order valence-electron chi connectivity index (χ1n) is 7.20. The summed E-state index contributed by atoms with van der Waals surface area (Å²) >= 11 is 0. The minimum atomic E-state index is -0.108. The van der Waals surface area contributed by atoms with Gasteiger partial charge in [-0.05, 0) is 42.8 Å². The standard InChI is InChI=1S/C19H17NO3/c1-3-12-23-18-10-8-15(13-19(18)22-4-2)7-9-17(21)16-6-5-11-20-14-16/h1,5-11,13-14H,4,12H2,2H3/b9-7+. The van der Waals surface area contributed by atoms with Crippen LogP contribution in [0.1, 0.15) is 22.8 Å². The van der Waals surface area contributed by atoms with Gasteiger partial charge in [-0.1, -0.05) is 18.1 Å². The van der Waals surface area contributed by atoms with Crippen molar-refractivity contribution in [2.45, 2.75) is 6.92 Å². The predicted octanol–water partition coefficient (Wildman–Crippen LogP) is 3.39. The van der Waals surface area contributed by atoms with E-state index in [-0.39, 0.29) is 12.4 Å². The van der Waals surface area contributed by atoms with Crippen LogP contribution >= 0.6 is 0 Å². The summed E-state index contributed by atoms with van der Waals surface area (Å²) < 4.78 is 11.0. The van der Waals surface area contributed by atoms with Crippen molar-refractivity contribution in [3.63, 3.8) is 0 Å². The van der Waals surface area contributed by atoms with Crippen molar-refractivity contribution < 1.29 is 14.3 Å². The molecular formula is C19H17NO3. The average molecular weight is 307 g/mol. The molecule has 0 N–H and O–H groups in total. The van der Waals surface area contributed by atoms with E-state index in [1.54, 1.807) is 30.5 Å². The highest BCUT2D eigenvalue weighted by Crippen LogP contribution is 2.29. The summed E-state index contributed by atoms with van der Waals surface area (Å²) in [5, 5.41) is 0. The Labute approximate surface area is 135 Å². The SMILES string of the molecule is C#CCOc1ccc(/C=C/C(=O)c2cccnc2)cc1OCC. The van der Waals surface area contributed by atoms with E-state index in [0.717, 1.165) is 5.56 Å². The molecule has 4 nitrogen and oxygen atoms in total.